The normalized spacial score (nSPS) is 11.5. The van der Waals surface area contributed by atoms with E-state index in [1.807, 2.05) is 0 Å². The lowest BCUT2D eigenvalue weighted by Gasteiger charge is -1.96. The molecule has 1 rings (SSSR count). The second kappa shape index (κ2) is 3.30. The van der Waals surface area contributed by atoms with Crippen molar-refractivity contribution in [3.8, 4) is 0 Å². The maximum absolute atomic E-state index is 8.30. The van der Waals surface area contributed by atoms with Gasteiger partial charge in [-0.25, -0.2) is 0 Å². The van der Waals surface area contributed by atoms with Crippen LogP contribution in [-0.4, -0.2) is 11.0 Å². The number of nitrogens with zero attached hydrogens (tertiary/aromatic N) is 1. The summed E-state index contributed by atoms with van der Waals surface area (Å²) in [6.07, 6.45) is 0. The first-order valence-corrected chi connectivity index (χ1v) is 3.45. The average Bonchev–Trinajstić information content (AvgIpc) is 2.05. The molecule has 58 valence electrons. The molecule has 11 heavy (non-hydrogen) atoms. The fraction of sp³-hybridized carbons (Fsp3) is 0. The van der Waals surface area contributed by atoms with Crippen LogP contribution in [0.2, 0.25) is 0 Å². The number of benzene rings is 1. The van der Waals surface area contributed by atoms with Crippen molar-refractivity contribution in [1.82, 2.24) is 0 Å². The molecule has 0 saturated heterocycles. The van der Waals surface area contributed by atoms with Gasteiger partial charge in [-0.3, -0.25) is 0 Å². The van der Waals surface area contributed by atoms with Gasteiger partial charge in [-0.05, 0) is 12.1 Å². The van der Waals surface area contributed by atoms with Crippen molar-refractivity contribution in [1.29, 1.82) is 0 Å². The summed E-state index contributed by atoms with van der Waals surface area (Å²) in [5, 5.41) is 11.2. The van der Waals surface area contributed by atoms with E-state index in [1.165, 1.54) is 0 Å². The molecule has 0 bridgehead atoms. The topological polar surface area (TPSA) is 58.6 Å². The first kappa shape index (κ1) is 7.94. The standard InChI is InChI=1S/C7H8N2OS/c8-7(9-10)5-1-3-6(11)4-2-5/h1-4,10-11H,(H2,8,9). The van der Waals surface area contributed by atoms with Gasteiger partial charge in [0, 0.05) is 10.5 Å². The van der Waals surface area contributed by atoms with E-state index >= 15 is 0 Å². The molecule has 3 nitrogen and oxygen atoms in total. The van der Waals surface area contributed by atoms with Gasteiger partial charge in [0.1, 0.15) is 0 Å². The molecule has 3 N–H and O–H groups in total. The maximum atomic E-state index is 8.30. The number of hydrogen-bond acceptors (Lipinski definition) is 3. The van der Waals surface area contributed by atoms with Crippen LogP contribution in [0.25, 0.3) is 0 Å². The summed E-state index contributed by atoms with van der Waals surface area (Å²) >= 11 is 4.09. The highest BCUT2D eigenvalue weighted by Crippen LogP contribution is 2.06. The summed E-state index contributed by atoms with van der Waals surface area (Å²) in [5.74, 6) is 0.110. The number of nitrogens with two attached hydrogens (primary N) is 1. The van der Waals surface area contributed by atoms with Gasteiger partial charge in [0.25, 0.3) is 0 Å². The molecule has 0 aromatic heterocycles. The van der Waals surface area contributed by atoms with E-state index < -0.39 is 0 Å². The number of amidine groups is 1. The van der Waals surface area contributed by atoms with Crippen LogP contribution in [-0.2, 0) is 0 Å². The van der Waals surface area contributed by atoms with E-state index in [4.69, 9.17) is 10.9 Å². The molecule has 0 aliphatic carbocycles. The number of hydrogen-bond donors (Lipinski definition) is 3. The monoisotopic (exact) mass is 168 g/mol. The first-order valence-electron chi connectivity index (χ1n) is 3.01. The van der Waals surface area contributed by atoms with Crippen molar-refractivity contribution in [3.05, 3.63) is 29.8 Å². The molecule has 0 unspecified atom stereocenters. The Kier molecular flexibility index (Phi) is 2.38. The van der Waals surface area contributed by atoms with Gasteiger partial charge in [-0.15, -0.1) is 12.6 Å². The van der Waals surface area contributed by atoms with E-state index in [0.29, 0.717) is 5.56 Å². The van der Waals surface area contributed by atoms with Crippen LogP contribution in [0.4, 0.5) is 0 Å². The molecule has 1 aromatic rings. The van der Waals surface area contributed by atoms with Crippen molar-refractivity contribution in [2.45, 2.75) is 4.90 Å². The molecular weight excluding hydrogens is 160 g/mol. The Morgan fingerprint density at radius 3 is 2.36 bits per heavy atom. The first-order chi connectivity index (χ1) is 5.24. The van der Waals surface area contributed by atoms with Crippen molar-refractivity contribution < 1.29 is 5.21 Å². The summed E-state index contributed by atoms with van der Waals surface area (Å²) < 4.78 is 0. The summed E-state index contributed by atoms with van der Waals surface area (Å²) in [5.41, 5.74) is 6.00. The third-order valence-corrected chi connectivity index (χ3v) is 1.57. The van der Waals surface area contributed by atoms with E-state index in [-0.39, 0.29) is 5.84 Å². The predicted molar refractivity (Wildman–Crippen MR) is 46.2 cm³/mol. The molecule has 1 aromatic carbocycles. The molecule has 0 radical (unpaired) electrons. The molecule has 0 saturated carbocycles. The van der Waals surface area contributed by atoms with E-state index in [0.717, 1.165) is 4.90 Å². The Labute approximate surface area is 69.9 Å². The highest BCUT2D eigenvalue weighted by Gasteiger charge is 1.95. The van der Waals surface area contributed by atoms with Crippen LogP contribution in [0.3, 0.4) is 0 Å². The summed E-state index contributed by atoms with van der Waals surface area (Å²) in [6, 6.07) is 7.02. The lowest BCUT2D eigenvalue weighted by Crippen LogP contribution is -2.12. The van der Waals surface area contributed by atoms with Crippen LogP contribution >= 0.6 is 12.6 Å². The molecule has 0 aliphatic rings. The number of thiol groups is 1. The molecule has 0 atom stereocenters. The average molecular weight is 168 g/mol. The van der Waals surface area contributed by atoms with Crippen molar-refractivity contribution in [2.75, 3.05) is 0 Å². The molecule has 0 heterocycles. The van der Waals surface area contributed by atoms with Gasteiger partial charge in [0.15, 0.2) is 5.84 Å². The Bertz CT molecular complexity index is 268. The lowest BCUT2D eigenvalue weighted by atomic mass is 10.2. The fourth-order valence-electron chi connectivity index (χ4n) is 0.690. The molecular formula is C7H8N2OS. The summed E-state index contributed by atoms with van der Waals surface area (Å²) in [4.78, 5) is 0.847. The van der Waals surface area contributed by atoms with Crippen LogP contribution < -0.4 is 5.73 Å². The van der Waals surface area contributed by atoms with Crippen LogP contribution in [0, 0.1) is 0 Å². The molecule has 0 spiro atoms. The van der Waals surface area contributed by atoms with Crippen LogP contribution in [0.1, 0.15) is 5.56 Å². The van der Waals surface area contributed by atoms with Crippen molar-refractivity contribution >= 4 is 18.5 Å². The van der Waals surface area contributed by atoms with Gasteiger partial charge in [0.2, 0.25) is 0 Å². The number of rotatable bonds is 1. The van der Waals surface area contributed by atoms with Gasteiger partial charge in [0.05, 0.1) is 0 Å². The van der Waals surface area contributed by atoms with Crippen LogP contribution in [0.15, 0.2) is 34.3 Å². The quantitative estimate of drug-likeness (QED) is 0.193. The van der Waals surface area contributed by atoms with Gasteiger partial charge < -0.3 is 10.9 Å². The SMILES string of the molecule is NC(=NO)c1ccc(S)cc1. The minimum atomic E-state index is 0.110. The fourth-order valence-corrected chi connectivity index (χ4v) is 0.839. The second-order valence-corrected chi connectivity index (χ2v) is 2.55. The highest BCUT2D eigenvalue weighted by atomic mass is 32.1. The third kappa shape index (κ3) is 1.88. The Morgan fingerprint density at radius 2 is 1.91 bits per heavy atom. The Balaban J connectivity index is 2.99. The van der Waals surface area contributed by atoms with E-state index in [2.05, 4.69) is 17.8 Å². The summed E-state index contributed by atoms with van der Waals surface area (Å²) in [7, 11) is 0. The molecule has 0 fully saturated rings. The zero-order chi connectivity index (χ0) is 8.27. The second-order valence-electron chi connectivity index (χ2n) is 2.03. The third-order valence-electron chi connectivity index (χ3n) is 1.27. The largest absolute Gasteiger partial charge is 0.409 e. The minimum Gasteiger partial charge on any atom is -0.409 e. The highest BCUT2D eigenvalue weighted by molar-refractivity contribution is 7.80. The van der Waals surface area contributed by atoms with E-state index in [9.17, 15) is 0 Å². The minimum absolute atomic E-state index is 0.110. The number of oxime groups is 1. The smallest absolute Gasteiger partial charge is 0.170 e. The Hall–Kier alpha value is -1.16. The summed E-state index contributed by atoms with van der Waals surface area (Å²) in [6.45, 7) is 0. The van der Waals surface area contributed by atoms with Gasteiger partial charge in [-0.1, -0.05) is 17.3 Å². The van der Waals surface area contributed by atoms with Gasteiger partial charge >= 0.3 is 0 Å². The van der Waals surface area contributed by atoms with Crippen molar-refractivity contribution in [2.24, 2.45) is 10.9 Å². The molecule has 4 heteroatoms. The Morgan fingerprint density at radius 1 is 1.36 bits per heavy atom. The molecule has 0 amide bonds. The lowest BCUT2D eigenvalue weighted by molar-refractivity contribution is 0.318. The zero-order valence-electron chi connectivity index (χ0n) is 5.73. The zero-order valence-corrected chi connectivity index (χ0v) is 6.62. The maximum Gasteiger partial charge on any atom is 0.170 e. The van der Waals surface area contributed by atoms with Gasteiger partial charge in [-0.2, -0.15) is 0 Å². The van der Waals surface area contributed by atoms with E-state index in [1.54, 1.807) is 24.3 Å². The molecule has 0 aliphatic heterocycles. The predicted octanol–water partition coefficient (Wildman–Crippen LogP) is 1.07. The van der Waals surface area contributed by atoms with Crippen molar-refractivity contribution in [3.63, 3.8) is 0 Å². The van der Waals surface area contributed by atoms with Crippen LogP contribution in [0.5, 0.6) is 0 Å².